The fourth-order valence-electron chi connectivity index (χ4n) is 1.75. The van der Waals surface area contributed by atoms with E-state index < -0.39 is 0 Å². The first kappa shape index (κ1) is 20.2. The Balaban J connectivity index is 3.37. The summed E-state index contributed by atoms with van der Waals surface area (Å²) in [4.78, 5) is 10.9. The van der Waals surface area contributed by atoms with Crippen LogP contribution in [-0.2, 0) is 14.3 Å². The highest BCUT2D eigenvalue weighted by Crippen LogP contribution is 2.06. The second-order valence-corrected chi connectivity index (χ2v) is 4.91. The number of esters is 1. The van der Waals surface area contributed by atoms with E-state index in [9.17, 15) is 4.79 Å². The van der Waals surface area contributed by atoms with Gasteiger partial charge in [-0.3, -0.25) is 4.79 Å². The summed E-state index contributed by atoms with van der Waals surface area (Å²) in [5.41, 5.74) is 0. The fourth-order valence-corrected chi connectivity index (χ4v) is 1.75. The molecule has 0 atom stereocenters. The number of carbonyl (C=O) groups excluding carboxylic acids is 1. The van der Waals surface area contributed by atoms with Crippen LogP contribution in [0.2, 0.25) is 0 Å². The third-order valence-corrected chi connectivity index (χ3v) is 2.98. The predicted molar refractivity (Wildman–Crippen MR) is 92.3 cm³/mol. The molecule has 0 heterocycles. The zero-order valence-electron chi connectivity index (χ0n) is 14.0. The van der Waals surface area contributed by atoms with Gasteiger partial charge in [0.1, 0.15) is 0 Å². The maximum atomic E-state index is 10.9. The average Bonchev–Trinajstić information content (AvgIpc) is 2.54. The quantitative estimate of drug-likeness (QED) is 0.149. The van der Waals surface area contributed by atoms with E-state index in [1.54, 1.807) is 12.5 Å². The molecule has 0 spiro atoms. The summed E-state index contributed by atoms with van der Waals surface area (Å²) >= 11 is 0. The van der Waals surface area contributed by atoms with Crippen LogP contribution in [0.1, 0.15) is 58.3 Å². The van der Waals surface area contributed by atoms with Crippen molar-refractivity contribution in [2.45, 2.75) is 58.3 Å². The number of ether oxygens (including phenoxy) is 2. The number of methoxy groups -OCH3 is 1. The van der Waals surface area contributed by atoms with Gasteiger partial charge < -0.3 is 9.47 Å². The molecular formula is C19H30O3. The predicted octanol–water partition coefficient (Wildman–Crippen LogP) is 5.46. The zero-order valence-corrected chi connectivity index (χ0v) is 14.0. The molecule has 0 saturated heterocycles. The van der Waals surface area contributed by atoms with Gasteiger partial charge in [0.2, 0.25) is 0 Å². The van der Waals surface area contributed by atoms with E-state index in [0.717, 1.165) is 44.9 Å². The summed E-state index contributed by atoms with van der Waals surface area (Å²) in [6.07, 6.45) is 23.5. The van der Waals surface area contributed by atoms with E-state index in [1.807, 2.05) is 18.2 Å². The second kappa shape index (κ2) is 17.3. The Morgan fingerprint density at radius 1 is 0.909 bits per heavy atom. The lowest BCUT2D eigenvalue weighted by Gasteiger charge is -1.99. The summed E-state index contributed by atoms with van der Waals surface area (Å²) < 4.78 is 9.84. The van der Waals surface area contributed by atoms with Gasteiger partial charge >= 0.3 is 5.97 Å². The van der Waals surface area contributed by atoms with Crippen molar-refractivity contribution in [3.05, 3.63) is 49.0 Å². The molecule has 0 aromatic heterocycles. The van der Waals surface area contributed by atoms with Crippen molar-refractivity contribution in [2.75, 3.05) is 7.11 Å². The first-order valence-electron chi connectivity index (χ1n) is 8.15. The molecule has 0 aliphatic rings. The zero-order chi connectivity index (χ0) is 16.3. The van der Waals surface area contributed by atoms with E-state index in [2.05, 4.69) is 29.9 Å². The second-order valence-electron chi connectivity index (χ2n) is 4.91. The highest BCUT2D eigenvalue weighted by atomic mass is 16.5. The van der Waals surface area contributed by atoms with Gasteiger partial charge in [-0.15, -0.1) is 0 Å². The summed E-state index contributed by atoms with van der Waals surface area (Å²) in [5, 5.41) is 0. The SMILES string of the molecule is CCC=CCC=CC=COC=CCCCCCCC(=O)OC. The minimum absolute atomic E-state index is 0.115. The summed E-state index contributed by atoms with van der Waals surface area (Å²) in [6.45, 7) is 2.13. The number of hydrogen-bond donors (Lipinski definition) is 0. The van der Waals surface area contributed by atoms with Gasteiger partial charge in [0, 0.05) is 6.42 Å². The van der Waals surface area contributed by atoms with Gasteiger partial charge in [-0.05, 0) is 44.3 Å². The average molecular weight is 306 g/mol. The Morgan fingerprint density at radius 3 is 2.50 bits per heavy atom. The Kier molecular flexibility index (Phi) is 15.9. The topological polar surface area (TPSA) is 35.5 Å². The van der Waals surface area contributed by atoms with Crippen LogP contribution >= 0.6 is 0 Å². The molecule has 0 aromatic rings. The maximum Gasteiger partial charge on any atom is 0.305 e. The largest absolute Gasteiger partial charge is 0.473 e. The van der Waals surface area contributed by atoms with E-state index in [-0.39, 0.29) is 5.97 Å². The van der Waals surface area contributed by atoms with Gasteiger partial charge in [0.05, 0.1) is 19.6 Å². The molecule has 3 nitrogen and oxygen atoms in total. The van der Waals surface area contributed by atoms with Gasteiger partial charge in [0.15, 0.2) is 0 Å². The number of hydrogen-bond acceptors (Lipinski definition) is 3. The Bertz CT molecular complexity index is 365. The van der Waals surface area contributed by atoms with Crippen LogP contribution in [0, 0.1) is 0 Å². The standard InChI is InChI=1S/C19H30O3/c1-3-4-5-6-8-11-14-17-22-18-15-12-9-7-10-13-16-19(20)21-2/h4-5,8,11,14-15,17-18H,3,6-7,9-10,12-13,16H2,1-2H3. The Morgan fingerprint density at radius 2 is 1.73 bits per heavy atom. The van der Waals surface area contributed by atoms with Crippen molar-refractivity contribution < 1.29 is 14.3 Å². The summed E-state index contributed by atoms with van der Waals surface area (Å²) in [7, 11) is 1.43. The Hall–Kier alpha value is -1.77. The number of allylic oxidation sites excluding steroid dienone is 6. The highest BCUT2D eigenvalue weighted by Gasteiger charge is 1.98. The molecule has 22 heavy (non-hydrogen) atoms. The van der Waals surface area contributed by atoms with E-state index in [4.69, 9.17) is 4.74 Å². The van der Waals surface area contributed by atoms with Crippen LogP contribution < -0.4 is 0 Å². The highest BCUT2D eigenvalue weighted by molar-refractivity contribution is 5.68. The van der Waals surface area contributed by atoms with Crippen molar-refractivity contribution in [2.24, 2.45) is 0 Å². The number of carbonyl (C=O) groups is 1. The van der Waals surface area contributed by atoms with Gasteiger partial charge in [0.25, 0.3) is 0 Å². The Labute approximate surface area is 135 Å². The molecule has 3 heteroatoms. The molecule has 0 rings (SSSR count). The first-order chi connectivity index (χ1) is 10.8. The van der Waals surface area contributed by atoms with Gasteiger partial charge in [-0.25, -0.2) is 0 Å². The lowest BCUT2D eigenvalue weighted by molar-refractivity contribution is -0.140. The minimum atomic E-state index is -0.115. The third kappa shape index (κ3) is 16.3. The van der Waals surface area contributed by atoms with Crippen LogP contribution in [0.5, 0.6) is 0 Å². The van der Waals surface area contributed by atoms with Crippen molar-refractivity contribution in [1.82, 2.24) is 0 Å². The smallest absolute Gasteiger partial charge is 0.305 e. The molecule has 0 unspecified atom stereocenters. The number of rotatable bonds is 13. The molecular weight excluding hydrogens is 276 g/mol. The molecule has 124 valence electrons. The summed E-state index contributed by atoms with van der Waals surface area (Å²) in [5.74, 6) is -0.115. The minimum Gasteiger partial charge on any atom is -0.473 e. The molecule has 0 saturated carbocycles. The molecule has 0 aliphatic heterocycles. The van der Waals surface area contributed by atoms with Crippen LogP contribution in [-0.4, -0.2) is 13.1 Å². The van der Waals surface area contributed by atoms with E-state index in [0.29, 0.717) is 6.42 Å². The molecule has 0 N–H and O–H groups in total. The maximum absolute atomic E-state index is 10.9. The van der Waals surface area contributed by atoms with Gasteiger partial charge in [-0.1, -0.05) is 44.1 Å². The monoisotopic (exact) mass is 306 g/mol. The fraction of sp³-hybridized carbons (Fsp3) is 0.526. The third-order valence-electron chi connectivity index (χ3n) is 2.98. The molecule has 0 fully saturated rings. The van der Waals surface area contributed by atoms with Crippen molar-refractivity contribution in [3.63, 3.8) is 0 Å². The van der Waals surface area contributed by atoms with E-state index in [1.165, 1.54) is 7.11 Å². The van der Waals surface area contributed by atoms with E-state index >= 15 is 0 Å². The first-order valence-corrected chi connectivity index (χ1v) is 8.15. The lowest BCUT2D eigenvalue weighted by atomic mass is 10.1. The molecule has 0 bridgehead atoms. The lowest BCUT2D eigenvalue weighted by Crippen LogP contribution is -1.98. The van der Waals surface area contributed by atoms with Crippen LogP contribution in [0.25, 0.3) is 0 Å². The molecule has 0 amide bonds. The molecule has 0 aliphatic carbocycles. The van der Waals surface area contributed by atoms with Crippen LogP contribution in [0.4, 0.5) is 0 Å². The van der Waals surface area contributed by atoms with Crippen LogP contribution in [0.3, 0.4) is 0 Å². The van der Waals surface area contributed by atoms with Gasteiger partial charge in [-0.2, -0.15) is 0 Å². The normalized spacial score (nSPS) is 12.1. The van der Waals surface area contributed by atoms with Crippen molar-refractivity contribution in [3.8, 4) is 0 Å². The summed E-state index contributed by atoms with van der Waals surface area (Å²) in [6, 6.07) is 0. The molecule has 0 aromatic carbocycles. The van der Waals surface area contributed by atoms with Crippen molar-refractivity contribution in [1.29, 1.82) is 0 Å². The number of unbranched alkanes of at least 4 members (excludes halogenated alkanes) is 4. The molecule has 0 radical (unpaired) electrons. The van der Waals surface area contributed by atoms with Crippen molar-refractivity contribution >= 4 is 5.97 Å². The van der Waals surface area contributed by atoms with Crippen LogP contribution in [0.15, 0.2) is 49.0 Å².